The summed E-state index contributed by atoms with van der Waals surface area (Å²) >= 11 is 0. The number of aromatic nitrogens is 2. The molecule has 0 aliphatic rings. The Kier molecular flexibility index (Phi) is 6.47. The van der Waals surface area contributed by atoms with Crippen LogP contribution in [0.25, 0.3) is 0 Å². The fraction of sp³-hybridized carbons (Fsp3) is 0.526. The molecule has 0 fully saturated rings. The summed E-state index contributed by atoms with van der Waals surface area (Å²) in [5.74, 6) is 0.664. The number of nitrogens with zero attached hydrogens (tertiary/aromatic N) is 2. The molecule has 2 rings (SSSR count). The van der Waals surface area contributed by atoms with Gasteiger partial charge in [0, 0.05) is 11.6 Å². The Morgan fingerprint density at radius 2 is 1.81 bits per heavy atom. The molecule has 0 unspecified atom stereocenters. The van der Waals surface area contributed by atoms with Gasteiger partial charge in [-0.3, -0.25) is 4.68 Å². The van der Waals surface area contributed by atoms with Gasteiger partial charge in [-0.15, -0.1) is 0 Å². The molecule has 1 heterocycles. The lowest BCUT2D eigenvalue weighted by Gasteiger charge is -2.20. The molecule has 0 saturated heterocycles. The fourth-order valence-corrected chi connectivity index (χ4v) is 3.94. The summed E-state index contributed by atoms with van der Waals surface area (Å²) in [4.78, 5) is 0.238. The van der Waals surface area contributed by atoms with E-state index in [9.17, 15) is 8.42 Å². The first-order valence-electron chi connectivity index (χ1n) is 8.88. The highest BCUT2D eigenvalue weighted by molar-refractivity contribution is 7.91. The highest BCUT2D eigenvalue weighted by Crippen LogP contribution is 2.24. The monoisotopic (exact) mass is 379 g/mol. The van der Waals surface area contributed by atoms with Crippen molar-refractivity contribution in [2.45, 2.75) is 62.5 Å². The average molecular weight is 380 g/mol. The van der Waals surface area contributed by atoms with Crippen molar-refractivity contribution in [1.29, 1.82) is 0 Å². The highest BCUT2D eigenvalue weighted by Gasteiger charge is 2.23. The van der Waals surface area contributed by atoms with Crippen molar-refractivity contribution in [3.05, 3.63) is 36.5 Å². The maximum absolute atomic E-state index is 12.8. The first kappa shape index (κ1) is 20.5. The molecule has 0 saturated carbocycles. The zero-order chi connectivity index (χ0) is 19.4. The second kappa shape index (κ2) is 8.22. The molecule has 2 aromatic rings. The van der Waals surface area contributed by atoms with Crippen LogP contribution in [-0.2, 0) is 9.84 Å². The Bertz CT molecular complexity index is 803. The van der Waals surface area contributed by atoms with Crippen molar-refractivity contribution in [2.75, 3.05) is 13.2 Å². The van der Waals surface area contributed by atoms with E-state index in [4.69, 9.17) is 4.74 Å². The van der Waals surface area contributed by atoms with E-state index in [0.717, 1.165) is 13.0 Å². The Balaban J connectivity index is 1.99. The van der Waals surface area contributed by atoms with E-state index in [0.29, 0.717) is 12.4 Å². The summed E-state index contributed by atoms with van der Waals surface area (Å²) < 4.78 is 32.8. The lowest BCUT2D eigenvalue weighted by molar-refractivity contribution is 0.298. The maximum atomic E-state index is 12.8. The second-order valence-electron chi connectivity index (χ2n) is 7.56. The lowest BCUT2D eigenvalue weighted by atomic mass is 10.1. The standard InChI is InChI=1S/C19H29N3O3S/c1-15(2)22-18(11-13-21-22)26(23,24)17-9-7-16(8-10-17)25-14-6-12-20-19(3,4)5/h7-11,13,15,20H,6,12,14H2,1-5H3. The van der Waals surface area contributed by atoms with Crippen LogP contribution < -0.4 is 10.1 Å². The van der Waals surface area contributed by atoms with Gasteiger partial charge >= 0.3 is 0 Å². The van der Waals surface area contributed by atoms with E-state index in [-0.39, 0.29) is 21.5 Å². The van der Waals surface area contributed by atoms with Crippen LogP contribution in [-0.4, -0.2) is 36.9 Å². The van der Waals surface area contributed by atoms with Crippen molar-refractivity contribution < 1.29 is 13.2 Å². The normalized spacial score (nSPS) is 12.5. The smallest absolute Gasteiger partial charge is 0.223 e. The molecule has 1 N–H and O–H groups in total. The fourth-order valence-electron chi connectivity index (χ4n) is 2.46. The Hall–Kier alpha value is -1.86. The number of hydrogen-bond acceptors (Lipinski definition) is 5. The number of rotatable bonds is 8. The minimum Gasteiger partial charge on any atom is -0.494 e. The van der Waals surface area contributed by atoms with Crippen LogP contribution in [0.3, 0.4) is 0 Å². The zero-order valence-corrected chi connectivity index (χ0v) is 17.0. The molecule has 0 aliphatic heterocycles. The summed E-state index contributed by atoms with van der Waals surface area (Å²) in [7, 11) is -3.60. The van der Waals surface area contributed by atoms with Crippen LogP contribution in [0.5, 0.6) is 5.75 Å². The Morgan fingerprint density at radius 1 is 1.15 bits per heavy atom. The predicted octanol–water partition coefficient (Wildman–Crippen LogP) is 3.45. The van der Waals surface area contributed by atoms with Crippen molar-refractivity contribution >= 4 is 9.84 Å². The van der Waals surface area contributed by atoms with E-state index in [1.807, 2.05) is 13.8 Å². The molecule has 144 valence electrons. The second-order valence-corrected chi connectivity index (χ2v) is 9.46. The quantitative estimate of drug-likeness (QED) is 0.711. The molecule has 26 heavy (non-hydrogen) atoms. The van der Waals surface area contributed by atoms with Gasteiger partial charge in [-0.05, 0) is 77.9 Å². The SMILES string of the molecule is CC(C)n1nccc1S(=O)(=O)c1ccc(OCCCNC(C)(C)C)cc1. The summed E-state index contributed by atoms with van der Waals surface area (Å²) in [6.45, 7) is 11.6. The Morgan fingerprint density at radius 3 is 2.38 bits per heavy atom. The first-order chi connectivity index (χ1) is 12.1. The van der Waals surface area contributed by atoms with Crippen LogP contribution >= 0.6 is 0 Å². The van der Waals surface area contributed by atoms with Gasteiger partial charge < -0.3 is 10.1 Å². The van der Waals surface area contributed by atoms with Crippen LogP contribution in [0, 0.1) is 0 Å². The molecule has 7 heteroatoms. The summed E-state index contributed by atoms with van der Waals surface area (Å²) in [5, 5.41) is 7.71. The van der Waals surface area contributed by atoms with Gasteiger partial charge in [-0.25, -0.2) is 8.42 Å². The van der Waals surface area contributed by atoms with E-state index < -0.39 is 9.84 Å². The van der Waals surface area contributed by atoms with Crippen molar-refractivity contribution in [1.82, 2.24) is 15.1 Å². The van der Waals surface area contributed by atoms with Gasteiger partial charge in [0.15, 0.2) is 5.03 Å². The zero-order valence-electron chi connectivity index (χ0n) is 16.2. The third-order valence-electron chi connectivity index (χ3n) is 3.78. The Labute approximate surface area is 156 Å². The molecule has 0 atom stereocenters. The molecular formula is C19H29N3O3S. The average Bonchev–Trinajstić information content (AvgIpc) is 3.04. The number of hydrogen-bond donors (Lipinski definition) is 1. The molecule has 0 bridgehead atoms. The van der Waals surface area contributed by atoms with Gasteiger partial charge in [0.25, 0.3) is 0 Å². The number of ether oxygens (including phenoxy) is 1. The largest absolute Gasteiger partial charge is 0.494 e. The van der Waals surface area contributed by atoms with Gasteiger partial charge in [-0.1, -0.05) is 0 Å². The predicted molar refractivity (Wildman–Crippen MR) is 102 cm³/mol. The molecule has 1 aromatic heterocycles. The molecule has 0 amide bonds. The van der Waals surface area contributed by atoms with E-state index >= 15 is 0 Å². The third kappa shape index (κ3) is 5.32. The number of sulfone groups is 1. The number of benzene rings is 1. The maximum Gasteiger partial charge on any atom is 0.223 e. The lowest BCUT2D eigenvalue weighted by Crippen LogP contribution is -2.36. The third-order valence-corrected chi connectivity index (χ3v) is 5.54. The minimum atomic E-state index is -3.60. The van der Waals surface area contributed by atoms with Crippen molar-refractivity contribution in [2.24, 2.45) is 0 Å². The first-order valence-corrected chi connectivity index (χ1v) is 10.4. The molecular weight excluding hydrogens is 350 g/mol. The molecule has 0 spiro atoms. The van der Waals surface area contributed by atoms with Gasteiger partial charge in [0.05, 0.1) is 17.7 Å². The number of nitrogens with one attached hydrogen (secondary N) is 1. The van der Waals surface area contributed by atoms with Crippen LogP contribution in [0.15, 0.2) is 46.5 Å². The van der Waals surface area contributed by atoms with Gasteiger partial charge in [0.2, 0.25) is 9.84 Å². The van der Waals surface area contributed by atoms with Crippen LogP contribution in [0.4, 0.5) is 0 Å². The minimum absolute atomic E-state index is 0.0286. The van der Waals surface area contributed by atoms with Gasteiger partial charge in [-0.2, -0.15) is 5.10 Å². The van der Waals surface area contributed by atoms with E-state index in [1.165, 1.54) is 16.9 Å². The van der Waals surface area contributed by atoms with Crippen molar-refractivity contribution in [3.63, 3.8) is 0 Å². The molecule has 0 radical (unpaired) electrons. The van der Waals surface area contributed by atoms with E-state index in [1.54, 1.807) is 24.3 Å². The highest BCUT2D eigenvalue weighted by atomic mass is 32.2. The molecule has 6 nitrogen and oxygen atoms in total. The molecule has 1 aromatic carbocycles. The van der Waals surface area contributed by atoms with Gasteiger partial charge in [0.1, 0.15) is 5.75 Å². The summed E-state index contributed by atoms with van der Waals surface area (Å²) in [5.41, 5.74) is 0.0957. The molecule has 0 aliphatic carbocycles. The summed E-state index contributed by atoms with van der Waals surface area (Å²) in [6, 6.07) is 8.05. The summed E-state index contributed by atoms with van der Waals surface area (Å²) in [6.07, 6.45) is 2.39. The van der Waals surface area contributed by atoms with E-state index in [2.05, 4.69) is 31.2 Å². The van der Waals surface area contributed by atoms with Crippen molar-refractivity contribution in [3.8, 4) is 5.75 Å². The van der Waals surface area contributed by atoms with Crippen LogP contribution in [0.1, 0.15) is 47.1 Å². The van der Waals surface area contributed by atoms with Crippen LogP contribution in [0.2, 0.25) is 0 Å². The topological polar surface area (TPSA) is 73.2 Å².